The summed E-state index contributed by atoms with van der Waals surface area (Å²) in [4.78, 5) is 2.45. The molecule has 1 aliphatic rings. The average molecular weight is 236 g/mol. The van der Waals surface area contributed by atoms with Gasteiger partial charge in [0.25, 0.3) is 0 Å². The van der Waals surface area contributed by atoms with E-state index in [0.717, 1.165) is 31.6 Å². The van der Waals surface area contributed by atoms with Crippen molar-refractivity contribution in [1.82, 2.24) is 10.2 Å². The zero-order chi connectivity index (χ0) is 12.3. The van der Waals surface area contributed by atoms with Gasteiger partial charge in [-0.2, -0.15) is 0 Å². The van der Waals surface area contributed by atoms with E-state index >= 15 is 0 Å². The minimum Gasteiger partial charge on any atom is -0.311 e. The molecule has 1 atom stereocenters. The first-order chi connectivity index (χ1) is 8.16. The molecular weight excluding hydrogens is 215 g/mol. The van der Waals surface area contributed by atoms with E-state index in [1.54, 1.807) is 12.1 Å². The lowest BCUT2D eigenvalue weighted by molar-refractivity contribution is 0.161. The van der Waals surface area contributed by atoms with Gasteiger partial charge in [0.15, 0.2) is 0 Å². The molecule has 1 unspecified atom stereocenters. The van der Waals surface area contributed by atoms with Gasteiger partial charge in [0.05, 0.1) is 0 Å². The summed E-state index contributed by atoms with van der Waals surface area (Å²) in [6.45, 7) is 7.52. The molecule has 2 nitrogen and oxygen atoms in total. The van der Waals surface area contributed by atoms with Gasteiger partial charge in [-0.15, -0.1) is 0 Å². The zero-order valence-electron chi connectivity index (χ0n) is 10.6. The Kier molecular flexibility index (Phi) is 4.13. The third-order valence-corrected chi connectivity index (χ3v) is 3.44. The van der Waals surface area contributed by atoms with Crippen LogP contribution < -0.4 is 5.32 Å². The maximum Gasteiger partial charge on any atom is 0.126 e. The first kappa shape index (κ1) is 12.5. The van der Waals surface area contributed by atoms with Crippen molar-refractivity contribution in [3.63, 3.8) is 0 Å². The topological polar surface area (TPSA) is 15.3 Å². The van der Waals surface area contributed by atoms with Gasteiger partial charge in [-0.3, -0.25) is 4.90 Å². The Balaban J connectivity index is 1.97. The number of nitrogens with one attached hydrogen (secondary N) is 1. The van der Waals surface area contributed by atoms with E-state index in [-0.39, 0.29) is 5.82 Å². The van der Waals surface area contributed by atoms with E-state index in [9.17, 15) is 4.39 Å². The van der Waals surface area contributed by atoms with Crippen LogP contribution in [0.3, 0.4) is 0 Å². The van der Waals surface area contributed by atoms with E-state index in [1.807, 2.05) is 12.1 Å². The normalized spacial score (nSPS) is 22.0. The molecule has 1 aromatic carbocycles. The minimum atomic E-state index is -0.0871. The van der Waals surface area contributed by atoms with Gasteiger partial charge in [0, 0.05) is 31.7 Å². The number of nitrogens with zero attached hydrogens (tertiary/aromatic N) is 1. The standard InChI is InChI=1S/C14H21FN2/c1-11(2)17-8-7-16-13(10-17)9-12-5-3-4-6-14(12)15/h3-6,11,13,16H,7-10H2,1-2H3. The predicted octanol–water partition coefficient (Wildman–Crippen LogP) is 2.05. The molecule has 1 saturated heterocycles. The fourth-order valence-electron chi connectivity index (χ4n) is 2.39. The highest BCUT2D eigenvalue weighted by molar-refractivity contribution is 5.18. The van der Waals surface area contributed by atoms with Crippen molar-refractivity contribution in [1.29, 1.82) is 0 Å². The quantitative estimate of drug-likeness (QED) is 0.864. The Bertz CT molecular complexity index is 365. The summed E-state index contributed by atoms with van der Waals surface area (Å²) >= 11 is 0. The SMILES string of the molecule is CC(C)N1CCNC(Cc2ccccc2F)C1. The first-order valence-electron chi connectivity index (χ1n) is 6.37. The predicted molar refractivity (Wildman–Crippen MR) is 68.6 cm³/mol. The lowest BCUT2D eigenvalue weighted by Gasteiger charge is -2.36. The molecule has 3 heteroatoms. The summed E-state index contributed by atoms with van der Waals surface area (Å²) in [5.74, 6) is -0.0871. The van der Waals surface area contributed by atoms with Gasteiger partial charge in [0.1, 0.15) is 5.82 Å². The first-order valence-corrected chi connectivity index (χ1v) is 6.37. The van der Waals surface area contributed by atoms with Gasteiger partial charge in [0.2, 0.25) is 0 Å². The summed E-state index contributed by atoms with van der Waals surface area (Å²) in [5.41, 5.74) is 0.815. The van der Waals surface area contributed by atoms with E-state index in [4.69, 9.17) is 0 Å². The Morgan fingerprint density at radius 1 is 1.41 bits per heavy atom. The van der Waals surface area contributed by atoms with Crippen molar-refractivity contribution in [2.75, 3.05) is 19.6 Å². The zero-order valence-corrected chi connectivity index (χ0v) is 10.6. The van der Waals surface area contributed by atoms with Crippen LogP contribution in [0.4, 0.5) is 4.39 Å². The van der Waals surface area contributed by atoms with Crippen LogP contribution in [-0.2, 0) is 6.42 Å². The van der Waals surface area contributed by atoms with Crippen LogP contribution in [0.15, 0.2) is 24.3 Å². The molecule has 0 amide bonds. The molecule has 0 saturated carbocycles. The maximum atomic E-state index is 13.6. The van der Waals surface area contributed by atoms with E-state index in [0.29, 0.717) is 12.1 Å². The Hall–Kier alpha value is -0.930. The molecule has 1 fully saturated rings. The molecule has 94 valence electrons. The molecule has 17 heavy (non-hydrogen) atoms. The van der Waals surface area contributed by atoms with E-state index < -0.39 is 0 Å². The van der Waals surface area contributed by atoms with Crippen molar-refractivity contribution in [2.45, 2.75) is 32.4 Å². The van der Waals surface area contributed by atoms with Crippen LogP contribution >= 0.6 is 0 Å². The van der Waals surface area contributed by atoms with Crippen molar-refractivity contribution in [3.8, 4) is 0 Å². The molecular formula is C14H21FN2. The number of halogens is 1. The average Bonchev–Trinajstić information content (AvgIpc) is 2.32. The van der Waals surface area contributed by atoms with Crippen molar-refractivity contribution >= 4 is 0 Å². The molecule has 0 aliphatic carbocycles. The Morgan fingerprint density at radius 3 is 2.88 bits per heavy atom. The van der Waals surface area contributed by atoms with Crippen LogP contribution in [0, 0.1) is 5.82 Å². The van der Waals surface area contributed by atoms with Gasteiger partial charge < -0.3 is 5.32 Å². The number of rotatable bonds is 3. The largest absolute Gasteiger partial charge is 0.311 e. The van der Waals surface area contributed by atoms with Crippen LogP contribution in [0.1, 0.15) is 19.4 Å². The van der Waals surface area contributed by atoms with Gasteiger partial charge in [-0.25, -0.2) is 4.39 Å². The lowest BCUT2D eigenvalue weighted by Crippen LogP contribution is -2.53. The fraction of sp³-hybridized carbons (Fsp3) is 0.571. The fourth-order valence-corrected chi connectivity index (χ4v) is 2.39. The highest BCUT2D eigenvalue weighted by atomic mass is 19.1. The second-order valence-corrected chi connectivity index (χ2v) is 5.04. The third-order valence-electron chi connectivity index (χ3n) is 3.44. The highest BCUT2D eigenvalue weighted by Gasteiger charge is 2.21. The number of benzene rings is 1. The van der Waals surface area contributed by atoms with Crippen molar-refractivity contribution in [3.05, 3.63) is 35.6 Å². The molecule has 0 spiro atoms. The minimum absolute atomic E-state index is 0.0871. The number of piperazine rings is 1. The molecule has 1 aliphatic heterocycles. The summed E-state index contributed by atoms with van der Waals surface area (Å²) in [7, 11) is 0. The molecule has 0 aromatic heterocycles. The monoisotopic (exact) mass is 236 g/mol. The number of hydrogen-bond acceptors (Lipinski definition) is 2. The van der Waals surface area contributed by atoms with Gasteiger partial charge in [-0.05, 0) is 31.9 Å². The third kappa shape index (κ3) is 3.27. The summed E-state index contributed by atoms with van der Waals surface area (Å²) < 4.78 is 13.6. The molecule has 2 rings (SSSR count). The summed E-state index contributed by atoms with van der Waals surface area (Å²) in [6.07, 6.45) is 0.774. The second kappa shape index (κ2) is 5.61. The van der Waals surface area contributed by atoms with Gasteiger partial charge in [-0.1, -0.05) is 18.2 Å². The molecule has 1 N–H and O–H groups in total. The smallest absolute Gasteiger partial charge is 0.126 e. The van der Waals surface area contributed by atoms with Crippen LogP contribution in [-0.4, -0.2) is 36.6 Å². The second-order valence-electron chi connectivity index (χ2n) is 5.04. The van der Waals surface area contributed by atoms with Crippen LogP contribution in [0.25, 0.3) is 0 Å². The van der Waals surface area contributed by atoms with E-state index in [1.165, 1.54) is 0 Å². The lowest BCUT2D eigenvalue weighted by atomic mass is 10.0. The molecule has 0 bridgehead atoms. The van der Waals surface area contributed by atoms with Crippen LogP contribution in [0.2, 0.25) is 0 Å². The molecule has 0 radical (unpaired) electrons. The molecule has 1 heterocycles. The van der Waals surface area contributed by atoms with E-state index in [2.05, 4.69) is 24.1 Å². The summed E-state index contributed by atoms with van der Waals surface area (Å²) in [5, 5.41) is 3.47. The van der Waals surface area contributed by atoms with Crippen LogP contribution in [0.5, 0.6) is 0 Å². The highest BCUT2D eigenvalue weighted by Crippen LogP contribution is 2.12. The van der Waals surface area contributed by atoms with Gasteiger partial charge >= 0.3 is 0 Å². The number of hydrogen-bond donors (Lipinski definition) is 1. The summed E-state index contributed by atoms with van der Waals surface area (Å²) in [6, 6.07) is 8.00. The Morgan fingerprint density at radius 2 is 2.18 bits per heavy atom. The maximum absolute atomic E-state index is 13.6. The van der Waals surface area contributed by atoms with Crippen molar-refractivity contribution in [2.24, 2.45) is 0 Å². The molecule has 1 aromatic rings. The Labute approximate surface area is 103 Å². The van der Waals surface area contributed by atoms with Crippen molar-refractivity contribution < 1.29 is 4.39 Å².